The second-order valence-electron chi connectivity index (χ2n) is 7.11. The van der Waals surface area contributed by atoms with Crippen LogP contribution in [-0.4, -0.2) is 36.7 Å². The van der Waals surface area contributed by atoms with Gasteiger partial charge in [-0.05, 0) is 50.5 Å². The van der Waals surface area contributed by atoms with Gasteiger partial charge in [0.1, 0.15) is 6.10 Å². The molecule has 0 spiro atoms. The summed E-state index contributed by atoms with van der Waals surface area (Å²) in [5.74, 6) is 0.248. The van der Waals surface area contributed by atoms with E-state index < -0.39 is 24.3 Å². The molecule has 2 aliphatic heterocycles. The molecule has 0 saturated heterocycles. The minimum absolute atomic E-state index is 0.231. The van der Waals surface area contributed by atoms with Crippen LogP contribution in [0.1, 0.15) is 25.8 Å². The molecule has 0 N–H and O–H groups in total. The van der Waals surface area contributed by atoms with Gasteiger partial charge in [-0.2, -0.15) is 0 Å². The Hall–Kier alpha value is -3.02. The average molecular weight is 381 g/mol. The van der Waals surface area contributed by atoms with Crippen LogP contribution < -0.4 is 14.4 Å². The number of esters is 1. The molecule has 2 heterocycles. The van der Waals surface area contributed by atoms with Crippen LogP contribution in [0.25, 0.3) is 0 Å². The smallest absolute Gasteiger partial charge is 0.352 e. The van der Waals surface area contributed by atoms with Crippen LogP contribution in [0.5, 0.6) is 11.5 Å². The van der Waals surface area contributed by atoms with Gasteiger partial charge >= 0.3 is 5.97 Å². The molecule has 146 valence electrons. The summed E-state index contributed by atoms with van der Waals surface area (Å²) in [6.07, 6.45) is -0.513. The summed E-state index contributed by atoms with van der Waals surface area (Å²) in [5.41, 5.74) is 2.02. The zero-order valence-electron chi connectivity index (χ0n) is 16.0. The summed E-state index contributed by atoms with van der Waals surface area (Å²) in [7, 11) is 0. The molecule has 0 fully saturated rings. The highest BCUT2D eigenvalue weighted by Crippen LogP contribution is 2.34. The second-order valence-corrected chi connectivity index (χ2v) is 7.11. The van der Waals surface area contributed by atoms with Gasteiger partial charge in [0, 0.05) is 12.2 Å². The molecule has 0 bridgehead atoms. The quantitative estimate of drug-likeness (QED) is 0.765. The van der Waals surface area contributed by atoms with E-state index >= 15 is 0 Å². The van der Waals surface area contributed by atoms with Crippen LogP contribution in [0.15, 0.2) is 48.5 Å². The van der Waals surface area contributed by atoms with Crippen molar-refractivity contribution in [2.24, 2.45) is 0 Å². The van der Waals surface area contributed by atoms with Gasteiger partial charge in [-0.1, -0.05) is 30.3 Å². The largest absolute Gasteiger partial charge is 0.482 e. The first kappa shape index (κ1) is 18.3. The van der Waals surface area contributed by atoms with Gasteiger partial charge in [-0.3, -0.25) is 4.79 Å². The topological polar surface area (TPSA) is 65.1 Å². The summed E-state index contributed by atoms with van der Waals surface area (Å²) >= 11 is 0. The third-order valence-corrected chi connectivity index (χ3v) is 5.09. The lowest BCUT2D eigenvalue weighted by Crippen LogP contribution is -2.48. The molecular weight excluding hydrogens is 358 g/mol. The molecule has 4 rings (SSSR count). The van der Waals surface area contributed by atoms with Crippen molar-refractivity contribution in [3.8, 4) is 11.5 Å². The van der Waals surface area contributed by atoms with Crippen molar-refractivity contribution in [2.45, 2.75) is 45.0 Å². The van der Waals surface area contributed by atoms with E-state index in [4.69, 9.17) is 14.2 Å². The number of para-hydroxylation sites is 3. The molecule has 0 aromatic heterocycles. The van der Waals surface area contributed by atoms with Crippen molar-refractivity contribution < 1.29 is 23.8 Å². The highest BCUT2D eigenvalue weighted by molar-refractivity contribution is 5.98. The van der Waals surface area contributed by atoms with E-state index in [0.717, 1.165) is 24.1 Å². The normalized spacial score (nSPS) is 21.4. The number of carbonyl (C=O) groups is 2. The number of aryl methyl sites for hydroxylation is 1. The molecule has 3 unspecified atom stereocenters. The lowest BCUT2D eigenvalue weighted by molar-refractivity contribution is -0.165. The Labute approximate surface area is 164 Å². The molecule has 2 aliphatic rings. The van der Waals surface area contributed by atoms with Crippen LogP contribution >= 0.6 is 0 Å². The fourth-order valence-electron chi connectivity index (χ4n) is 3.65. The summed E-state index contributed by atoms with van der Waals surface area (Å²) in [6.45, 7) is 3.96. The SMILES string of the molecule is CC(OC(=O)C1Oc2ccccc2OC1C)C(=O)N1CCCc2ccccc21. The van der Waals surface area contributed by atoms with E-state index in [-0.39, 0.29) is 5.91 Å². The Morgan fingerprint density at radius 1 is 1.07 bits per heavy atom. The van der Waals surface area contributed by atoms with Crippen molar-refractivity contribution in [1.29, 1.82) is 0 Å². The van der Waals surface area contributed by atoms with Gasteiger partial charge in [0.25, 0.3) is 5.91 Å². The number of hydrogen-bond donors (Lipinski definition) is 0. The first-order valence-electron chi connectivity index (χ1n) is 9.56. The third-order valence-electron chi connectivity index (χ3n) is 5.09. The van der Waals surface area contributed by atoms with Crippen LogP contribution in [-0.2, 0) is 20.7 Å². The van der Waals surface area contributed by atoms with Gasteiger partial charge in [0.05, 0.1) is 0 Å². The molecular formula is C22H23NO5. The number of rotatable bonds is 3. The van der Waals surface area contributed by atoms with Gasteiger partial charge in [-0.25, -0.2) is 4.79 Å². The van der Waals surface area contributed by atoms with Crippen LogP contribution in [0.3, 0.4) is 0 Å². The first-order valence-corrected chi connectivity index (χ1v) is 9.56. The Morgan fingerprint density at radius 3 is 2.54 bits per heavy atom. The van der Waals surface area contributed by atoms with Crippen molar-refractivity contribution >= 4 is 17.6 Å². The third kappa shape index (κ3) is 3.42. The number of benzene rings is 2. The number of anilines is 1. The zero-order valence-corrected chi connectivity index (χ0v) is 16.0. The minimum atomic E-state index is -0.918. The Morgan fingerprint density at radius 2 is 1.75 bits per heavy atom. The second kappa shape index (κ2) is 7.54. The highest BCUT2D eigenvalue weighted by Gasteiger charge is 2.38. The molecule has 2 aromatic carbocycles. The average Bonchev–Trinajstić information content (AvgIpc) is 2.72. The Balaban J connectivity index is 1.45. The Bertz CT molecular complexity index is 896. The monoisotopic (exact) mass is 381 g/mol. The first-order chi connectivity index (χ1) is 13.5. The minimum Gasteiger partial charge on any atom is -0.482 e. The lowest BCUT2D eigenvalue weighted by Gasteiger charge is -2.33. The van der Waals surface area contributed by atoms with E-state index in [2.05, 4.69) is 0 Å². The lowest BCUT2D eigenvalue weighted by atomic mass is 10.0. The maximum atomic E-state index is 12.9. The van der Waals surface area contributed by atoms with Crippen molar-refractivity contribution in [3.63, 3.8) is 0 Å². The standard InChI is InChI=1S/C22H23NO5/c1-14-20(28-19-12-6-5-11-18(19)26-14)22(25)27-15(2)21(24)23-13-7-9-16-8-3-4-10-17(16)23/h3-6,8,10-12,14-15,20H,7,9,13H2,1-2H3. The van der Waals surface area contributed by atoms with Crippen LogP contribution in [0, 0.1) is 0 Å². The molecule has 0 saturated carbocycles. The predicted octanol–water partition coefficient (Wildman–Crippen LogP) is 3.13. The molecule has 28 heavy (non-hydrogen) atoms. The van der Waals surface area contributed by atoms with Crippen molar-refractivity contribution in [1.82, 2.24) is 0 Å². The molecule has 1 amide bonds. The van der Waals surface area contributed by atoms with Gasteiger partial charge in [0.2, 0.25) is 6.10 Å². The van der Waals surface area contributed by atoms with Crippen molar-refractivity contribution in [2.75, 3.05) is 11.4 Å². The fraction of sp³-hybridized carbons (Fsp3) is 0.364. The maximum absolute atomic E-state index is 12.9. The Kier molecular flexibility index (Phi) is 4.94. The number of hydrogen-bond acceptors (Lipinski definition) is 5. The molecule has 0 radical (unpaired) electrons. The molecule has 6 heteroatoms. The number of nitrogens with zero attached hydrogens (tertiary/aromatic N) is 1. The zero-order chi connectivity index (χ0) is 19.7. The summed E-state index contributed by atoms with van der Waals surface area (Å²) in [5, 5.41) is 0. The van der Waals surface area contributed by atoms with Gasteiger partial charge in [-0.15, -0.1) is 0 Å². The van der Waals surface area contributed by atoms with Crippen LogP contribution in [0.2, 0.25) is 0 Å². The number of fused-ring (bicyclic) bond motifs is 2. The summed E-state index contributed by atoms with van der Waals surface area (Å²) in [4.78, 5) is 27.3. The van der Waals surface area contributed by atoms with Gasteiger partial charge in [0.15, 0.2) is 17.6 Å². The molecule has 6 nitrogen and oxygen atoms in total. The number of carbonyl (C=O) groups excluding carboxylic acids is 2. The van der Waals surface area contributed by atoms with E-state index in [9.17, 15) is 9.59 Å². The van der Waals surface area contributed by atoms with Crippen molar-refractivity contribution in [3.05, 3.63) is 54.1 Å². The number of ether oxygens (including phenoxy) is 3. The molecule has 3 atom stereocenters. The van der Waals surface area contributed by atoms with E-state index in [1.165, 1.54) is 0 Å². The number of amides is 1. The van der Waals surface area contributed by atoms with Gasteiger partial charge < -0.3 is 19.1 Å². The predicted molar refractivity (Wildman–Crippen MR) is 104 cm³/mol. The van der Waals surface area contributed by atoms with E-state index in [0.29, 0.717) is 18.0 Å². The molecule has 2 aromatic rings. The summed E-state index contributed by atoms with van der Waals surface area (Å²) in [6, 6.07) is 15.0. The van der Waals surface area contributed by atoms with Crippen LogP contribution in [0.4, 0.5) is 5.69 Å². The molecule has 0 aliphatic carbocycles. The van der Waals surface area contributed by atoms with E-state index in [1.54, 1.807) is 36.9 Å². The van der Waals surface area contributed by atoms with E-state index in [1.807, 2.05) is 30.3 Å². The fourth-order valence-corrected chi connectivity index (χ4v) is 3.65. The maximum Gasteiger partial charge on any atom is 0.352 e. The summed E-state index contributed by atoms with van der Waals surface area (Å²) < 4.78 is 17.0. The highest BCUT2D eigenvalue weighted by atomic mass is 16.6.